The Morgan fingerprint density at radius 2 is 1.62 bits per heavy atom. The molecule has 3 N–H and O–H groups in total. The van der Waals surface area contributed by atoms with E-state index in [2.05, 4.69) is 29.1 Å². The first-order valence-electron chi connectivity index (χ1n) is 14.9. The van der Waals surface area contributed by atoms with Crippen LogP contribution >= 0.6 is 0 Å². The molecule has 0 spiro atoms. The number of aromatic amines is 1. The van der Waals surface area contributed by atoms with Crippen molar-refractivity contribution in [3.63, 3.8) is 0 Å². The van der Waals surface area contributed by atoms with E-state index >= 15 is 0 Å². The van der Waals surface area contributed by atoms with Crippen LogP contribution in [0.25, 0.3) is 0 Å². The van der Waals surface area contributed by atoms with Gasteiger partial charge in [0.25, 0.3) is 5.56 Å². The van der Waals surface area contributed by atoms with Crippen molar-refractivity contribution >= 4 is 5.91 Å². The van der Waals surface area contributed by atoms with Gasteiger partial charge in [-0.25, -0.2) is 4.79 Å². The summed E-state index contributed by atoms with van der Waals surface area (Å²) in [6, 6.07) is 0. The van der Waals surface area contributed by atoms with Crippen LogP contribution in [-0.4, -0.2) is 52.5 Å². The van der Waals surface area contributed by atoms with Crippen molar-refractivity contribution in [2.24, 2.45) is 0 Å². The fourth-order valence-corrected chi connectivity index (χ4v) is 4.97. The molecular weight excluding hydrogens is 498 g/mol. The van der Waals surface area contributed by atoms with Crippen molar-refractivity contribution in [1.29, 1.82) is 0 Å². The molecule has 1 aliphatic heterocycles. The predicted octanol–water partition coefficient (Wildman–Crippen LogP) is 4.17. The Kier molecular flexibility index (Phi) is 15.8. The van der Waals surface area contributed by atoms with Gasteiger partial charge in [-0.15, -0.1) is 0 Å². The van der Waals surface area contributed by atoms with Gasteiger partial charge in [-0.05, 0) is 12.8 Å². The topological polar surface area (TPSA) is 123 Å². The first-order valence-corrected chi connectivity index (χ1v) is 14.9. The zero-order chi connectivity index (χ0) is 28.5. The summed E-state index contributed by atoms with van der Waals surface area (Å²) in [5.41, 5.74) is -1.23. The maximum absolute atomic E-state index is 12.4. The third-order valence-corrected chi connectivity index (χ3v) is 7.33. The summed E-state index contributed by atoms with van der Waals surface area (Å²) in [5.74, 6) is 5.43. The van der Waals surface area contributed by atoms with Gasteiger partial charge in [-0.2, -0.15) is 0 Å². The molecule has 220 valence electrons. The number of carbonyl (C=O) groups is 1. The molecule has 9 nitrogen and oxygen atoms in total. The van der Waals surface area contributed by atoms with E-state index < -0.39 is 35.8 Å². The van der Waals surface area contributed by atoms with Crippen LogP contribution in [0.5, 0.6) is 0 Å². The third kappa shape index (κ3) is 11.3. The molecule has 0 aromatic carbocycles. The number of nitrogens with zero attached hydrogens (tertiary/aromatic N) is 1. The van der Waals surface area contributed by atoms with E-state index in [1.807, 2.05) is 6.92 Å². The van der Waals surface area contributed by atoms with Crippen LogP contribution in [0.3, 0.4) is 0 Å². The SMILES string of the molecule is CCCCCCCCCCCCCCCC(=O)NCC#Cc1cn([C@@H]2O[C@H](CC)C(O)[C@@H]2OC)c(=O)[nH]c1=O. The number of nitrogens with one attached hydrogen (secondary N) is 2. The number of rotatable bonds is 18. The van der Waals surface area contributed by atoms with Crippen molar-refractivity contribution in [1.82, 2.24) is 14.9 Å². The fraction of sp³-hybridized carbons (Fsp3) is 0.767. The summed E-state index contributed by atoms with van der Waals surface area (Å²) < 4.78 is 12.3. The Labute approximate surface area is 233 Å². The molecule has 0 radical (unpaired) electrons. The smallest absolute Gasteiger partial charge is 0.330 e. The van der Waals surface area contributed by atoms with E-state index in [4.69, 9.17) is 9.47 Å². The number of amides is 1. The van der Waals surface area contributed by atoms with Crippen molar-refractivity contribution in [2.45, 2.75) is 135 Å². The van der Waals surface area contributed by atoms with Crippen LogP contribution in [0, 0.1) is 11.8 Å². The molecule has 2 heterocycles. The lowest BCUT2D eigenvalue weighted by Crippen LogP contribution is -2.39. The minimum absolute atomic E-state index is 0.0619. The molecule has 1 fully saturated rings. The highest BCUT2D eigenvalue weighted by atomic mass is 16.6. The highest BCUT2D eigenvalue weighted by molar-refractivity contribution is 5.76. The lowest BCUT2D eigenvalue weighted by atomic mass is 10.0. The number of ether oxygens (including phenoxy) is 2. The van der Waals surface area contributed by atoms with E-state index in [1.165, 1.54) is 82.1 Å². The van der Waals surface area contributed by atoms with Gasteiger partial charge in [0, 0.05) is 19.7 Å². The summed E-state index contributed by atoms with van der Waals surface area (Å²) in [6.45, 7) is 4.22. The lowest BCUT2D eigenvalue weighted by Gasteiger charge is -2.20. The van der Waals surface area contributed by atoms with Gasteiger partial charge in [0.15, 0.2) is 6.23 Å². The maximum atomic E-state index is 12.4. The Bertz CT molecular complexity index is 1020. The molecule has 0 saturated carbocycles. The predicted molar refractivity (Wildman–Crippen MR) is 153 cm³/mol. The normalized spacial score (nSPS) is 20.5. The van der Waals surface area contributed by atoms with Crippen LogP contribution in [0.1, 0.15) is 122 Å². The molecule has 9 heteroatoms. The summed E-state index contributed by atoms with van der Waals surface area (Å²) in [5, 5.41) is 13.1. The van der Waals surface area contributed by atoms with Crippen LogP contribution in [-0.2, 0) is 14.3 Å². The van der Waals surface area contributed by atoms with Gasteiger partial charge in [-0.3, -0.25) is 19.1 Å². The van der Waals surface area contributed by atoms with Crippen LogP contribution in [0.4, 0.5) is 0 Å². The molecule has 1 aromatic rings. The molecule has 39 heavy (non-hydrogen) atoms. The molecule has 1 aliphatic rings. The van der Waals surface area contributed by atoms with Crippen molar-refractivity contribution in [2.75, 3.05) is 13.7 Å². The standard InChI is InChI=1S/C30H49N3O6/c1-4-6-7-8-9-10-11-12-13-14-15-16-17-20-25(34)31-21-18-19-23-22-33(30(37)32-28(23)36)29-27(38-3)26(35)24(5-2)39-29/h22,24,26-27,29,35H,4-17,20-21H2,1-3H3,(H,31,34)(H,32,36,37)/t24-,26?,27+,29-/m1/s1. The maximum Gasteiger partial charge on any atom is 0.330 e. The van der Waals surface area contributed by atoms with Gasteiger partial charge >= 0.3 is 5.69 Å². The van der Waals surface area contributed by atoms with E-state index in [0.717, 1.165) is 19.3 Å². The summed E-state index contributed by atoms with van der Waals surface area (Å²) in [7, 11) is 1.43. The van der Waals surface area contributed by atoms with Crippen molar-refractivity contribution in [3.05, 3.63) is 32.6 Å². The Morgan fingerprint density at radius 3 is 2.18 bits per heavy atom. The molecule has 1 saturated heterocycles. The first-order chi connectivity index (χ1) is 18.9. The second-order valence-electron chi connectivity index (χ2n) is 10.4. The number of aromatic nitrogens is 2. The first kappa shape index (κ1) is 32.8. The van der Waals surface area contributed by atoms with E-state index in [1.54, 1.807) is 0 Å². The number of aliphatic hydroxyl groups excluding tert-OH is 1. The third-order valence-electron chi connectivity index (χ3n) is 7.33. The van der Waals surface area contributed by atoms with Crippen LogP contribution < -0.4 is 16.6 Å². The summed E-state index contributed by atoms with van der Waals surface area (Å²) >= 11 is 0. The molecule has 1 amide bonds. The van der Waals surface area contributed by atoms with Gasteiger partial charge in [0.05, 0.1) is 12.6 Å². The average molecular weight is 548 g/mol. The number of carbonyl (C=O) groups excluding carboxylic acids is 1. The zero-order valence-corrected chi connectivity index (χ0v) is 24.1. The number of hydrogen-bond acceptors (Lipinski definition) is 6. The Hall–Kier alpha value is -2.41. The molecular formula is C30H49N3O6. The van der Waals surface area contributed by atoms with E-state index in [9.17, 15) is 19.5 Å². The minimum Gasteiger partial charge on any atom is -0.388 e. The highest BCUT2D eigenvalue weighted by Crippen LogP contribution is 2.31. The number of unbranched alkanes of at least 4 members (excludes halogenated alkanes) is 12. The lowest BCUT2D eigenvalue weighted by molar-refractivity contribution is -0.120. The van der Waals surface area contributed by atoms with E-state index in [-0.39, 0.29) is 18.0 Å². The van der Waals surface area contributed by atoms with Crippen molar-refractivity contribution in [3.8, 4) is 11.8 Å². The average Bonchev–Trinajstić information content (AvgIpc) is 3.25. The second-order valence-corrected chi connectivity index (χ2v) is 10.4. The summed E-state index contributed by atoms with van der Waals surface area (Å²) in [4.78, 5) is 39.0. The zero-order valence-electron chi connectivity index (χ0n) is 24.1. The Morgan fingerprint density at radius 1 is 1.03 bits per heavy atom. The largest absolute Gasteiger partial charge is 0.388 e. The molecule has 1 aromatic heterocycles. The molecule has 1 unspecified atom stereocenters. The van der Waals surface area contributed by atoms with Crippen LogP contribution in [0.2, 0.25) is 0 Å². The Balaban J connectivity index is 1.67. The quantitative estimate of drug-likeness (QED) is 0.187. The van der Waals surface area contributed by atoms with Gasteiger partial charge in [-0.1, -0.05) is 103 Å². The summed E-state index contributed by atoms with van der Waals surface area (Å²) in [6.07, 6.45) is 15.7. The minimum atomic E-state index is -0.900. The van der Waals surface area contributed by atoms with Gasteiger partial charge < -0.3 is 19.9 Å². The number of aliphatic hydroxyl groups is 1. The molecule has 4 atom stereocenters. The monoisotopic (exact) mass is 547 g/mol. The van der Waals surface area contributed by atoms with Crippen LogP contribution in [0.15, 0.2) is 15.8 Å². The van der Waals surface area contributed by atoms with Crippen molar-refractivity contribution < 1.29 is 19.4 Å². The number of methoxy groups -OCH3 is 1. The van der Waals surface area contributed by atoms with Gasteiger partial charge in [0.1, 0.15) is 17.8 Å². The molecule has 2 rings (SSSR count). The molecule has 0 aliphatic carbocycles. The highest BCUT2D eigenvalue weighted by Gasteiger charge is 2.44. The number of hydrogen-bond donors (Lipinski definition) is 3. The van der Waals surface area contributed by atoms with Gasteiger partial charge in [0.2, 0.25) is 5.91 Å². The van der Waals surface area contributed by atoms with E-state index in [0.29, 0.717) is 12.8 Å². The molecule has 0 bridgehead atoms. The second kappa shape index (κ2) is 18.8. The number of H-pyrrole nitrogens is 1. The fourth-order valence-electron chi connectivity index (χ4n) is 4.97.